The standard InChI is InChI=1S/C8H4ClN2S/c9-8-2-1-6(3-10-8)7-4-12-5-11-7/h1-4H. The lowest BCUT2D eigenvalue weighted by Crippen LogP contribution is -1.79. The molecule has 2 aromatic rings. The maximum absolute atomic E-state index is 5.64. The summed E-state index contributed by atoms with van der Waals surface area (Å²) in [6, 6.07) is 3.63. The highest BCUT2D eigenvalue weighted by Gasteiger charge is 1.98. The van der Waals surface area contributed by atoms with E-state index in [-0.39, 0.29) is 0 Å². The monoisotopic (exact) mass is 195 g/mol. The number of rotatable bonds is 1. The zero-order chi connectivity index (χ0) is 8.39. The van der Waals surface area contributed by atoms with E-state index >= 15 is 0 Å². The van der Waals surface area contributed by atoms with Crippen LogP contribution in [-0.4, -0.2) is 9.97 Å². The lowest BCUT2D eigenvalue weighted by molar-refractivity contribution is 1.30. The Labute approximate surface area is 78.9 Å². The van der Waals surface area contributed by atoms with Crippen LogP contribution in [0.2, 0.25) is 5.15 Å². The van der Waals surface area contributed by atoms with Crippen molar-refractivity contribution in [2.75, 3.05) is 0 Å². The van der Waals surface area contributed by atoms with E-state index in [4.69, 9.17) is 11.6 Å². The van der Waals surface area contributed by atoms with E-state index in [0.717, 1.165) is 11.3 Å². The molecule has 2 aromatic heterocycles. The van der Waals surface area contributed by atoms with Crippen LogP contribution in [-0.2, 0) is 0 Å². The topological polar surface area (TPSA) is 25.8 Å². The second-order valence-corrected chi connectivity index (χ2v) is 3.23. The van der Waals surface area contributed by atoms with E-state index in [1.165, 1.54) is 11.3 Å². The third-order valence-corrected chi connectivity index (χ3v) is 2.17. The molecule has 0 aromatic carbocycles. The van der Waals surface area contributed by atoms with E-state index in [1.54, 1.807) is 12.3 Å². The van der Waals surface area contributed by atoms with Gasteiger partial charge in [0.05, 0.1) is 5.69 Å². The van der Waals surface area contributed by atoms with Crippen LogP contribution in [0.15, 0.2) is 23.7 Å². The molecular weight excluding hydrogens is 192 g/mol. The molecule has 59 valence electrons. The minimum Gasteiger partial charge on any atom is -0.244 e. The molecule has 2 rings (SSSR count). The maximum atomic E-state index is 5.64. The van der Waals surface area contributed by atoms with Gasteiger partial charge in [-0.1, -0.05) is 11.6 Å². The van der Waals surface area contributed by atoms with E-state index in [2.05, 4.69) is 15.5 Å². The fraction of sp³-hybridized carbons (Fsp3) is 0. The van der Waals surface area contributed by atoms with Gasteiger partial charge in [0.1, 0.15) is 5.15 Å². The van der Waals surface area contributed by atoms with Crippen molar-refractivity contribution < 1.29 is 0 Å². The van der Waals surface area contributed by atoms with Crippen molar-refractivity contribution in [1.82, 2.24) is 9.97 Å². The van der Waals surface area contributed by atoms with Crippen LogP contribution >= 0.6 is 22.9 Å². The van der Waals surface area contributed by atoms with E-state index < -0.39 is 0 Å². The van der Waals surface area contributed by atoms with Crippen LogP contribution in [0.5, 0.6) is 0 Å². The van der Waals surface area contributed by atoms with Gasteiger partial charge < -0.3 is 0 Å². The van der Waals surface area contributed by atoms with E-state index in [1.807, 2.05) is 11.4 Å². The summed E-state index contributed by atoms with van der Waals surface area (Å²) in [6.45, 7) is 0. The number of hydrogen-bond donors (Lipinski definition) is 0. The summed E-state index contributed by atoms with van der Waals surface area (Å²) in [5.74, 6) is 0. The summed E-state index contributed by atoms with van der Waals surface area (Å²) in [4.78, 5) is 7.98. The fourth-order valence-corrected chi connectivity index (χ4v) is 1.46. The fourth-order valence-electron chi connectivity index (χ4n) is 0.844. The summed E-state index contributed by atoms with van der Waals surface area (Å²) in [6.07, 6.45) is 1.70. The van der Waals surface area contributed by atoms with E-state index in [0.29, 0.717) is 5.15 Å². The quantitative estimate of drug-likeness (QED) is 0.654. The Hall–Kier alpha value is -0.930. The molecule has 2 heterocycles. The summed E-state index contributed by atoms with van der Waals surface area (Å²) in [5.41, 5.74) is 4.64. The molecule has 0 unspecified atom stereocenters. The summed E-state index contributed by atoms with van der Waals surface area (Å²) in [5, 5.41) is 2.42. The van der Waals surface area contributed by atoms with Gasteiger partial charge in [-0.25, -0.2) is 9.97 Å². The zero-order valence-corrected chi connectivity index (χ0v) is 7.56. The van der Waals surface area contributed by atoms with Crippen LogP contribution in [0.4, 0.5) is 0 Å². The van der Waals surface area contributed by atoms with Crippen molar-refractivity contribution in [3.05, 3.63) is 34.4 Å². The normalized spacial score (nSPS) is 10.1. The van der Waals surface area contributed by atoms with Gasteiger partial charge in [0.25, 0.3) is 0 Å². The number of thiazole rings is 1. The van der Waals surface area contributed by atoms with Crippen LogP contribution in [0.3, 0.4) is 0 Å². The Morgan fingerprint density at radius 2 is 2.33 bits per heavy atom. The van der Waals surface area contributed by atoms with Crippen molar-refractivity contribution in [2.45, 2.75) is 0 Å². The molecule has 0 N–H and O–H groups in total. The average Bonchev–Trinajstić information content (AvgIpc) is 2.58. The van der Waals surface area contributed by atoms with Crippen molar-refractivity contribution in [1.29, 1.82) is 0 Å². The maximum Gasteiger partial charge on any atom is 0.152 e. The Morgan fingerprint density at radius 1 is 1.42 bits per heavy atom. The molecule has 0 aliphatic heterocycles. The van der Waals surface area contributed by atoms with Crippen molar-refractivity contribution >= 4 is 22.9 Å². The van der Waals surface area contributed by atoms with Gasteiger partial charge in [-0.05, 0) is 12.1 Å². The molecule has 0 atom stereocenters. The molecule has 2 nitrogen and oxygen atoms in total. The summed E-state index contributed by atoms with van der Waals surface area (Å²) >= 11 is 7.08. The Kier molecular flexibility index (Phi) is 2.06. The average molecular weight is 196 g/mol. The molecule has 1 radical (unpaired) electrons. The molecule has 0 bridgehead atoms. The van der Waals surface area contributed by atoms with Gasteiger partial charge in [0.2, 0.25) is 0 Å². The highest BCUT2D eigenvalue weighted by atomic mass is 35.5. The minimum absolute atomic E-state index is 0.498. The highest BCUT2D eigenvalue weighted by Crippen LogP contribution is 2.18. The van der Waals surface area contributed by atoms with Crippen LogP contribution < -0.4 is 0 Å². The Morgan fingerprint density at radius 3 is 2.92 bits per heavy atom. The van der Waals surface area contributed by atoms with Gasteiger partial charge in [-0.3, -0.25) is 0 Å². The SMILES string of the molecule is Clc1ccc(-c2cs[c]n2)cn1. The highest BCUT2D eigenvalue weighted by molar-refractivity contribution is 7.07. The molecule has 4 heteroatoms. The first-order valence-corrected chi connectivity index (χ1v) is 4.55. The number of pyridine rings is 1. The number of aromatic nitrogens is 2. The van der Waals surface area contributed by atoms with Gasteiger partial charge in [0.15, 0.2) is 5.51 Å². The van der Waals surface area contributed by atoms with Crippen LogP contribution in [0.25, 0.3) is 11.3 Å². The smallest absolute Gasteiger partial charge is 0.152 e. The predicted octanol–water partition coefficient (Wildman–Crippen LogP) is 2.66. The molecule has 0 aliphatic carbocycles. The first-order chi connectivity index (χ1) is 5.86. The molecule has 12 heavy (non-hydrogen) atoms. The molecule has 0 amide bonds. The predicted molar refractivity (Wildman–Crippen MR) is 49.2 cm³/mol. The summed E-state index contributed by atoms with van der Waals surface area (Å²) in [7, 11) is 0. The van der Waals surface area contributed by atoms with Gasteiger partial charge in [0, 0.05) is 17.1 Å². The van der Waals surface area contributed by atoms with Crippen molar-refractivity contribution in [3.8, 4) is 11.3 Å². The second kappa shape index (κ2) is 3.21. The third-order valence-electron chi connectivity index (χ3n) is 1.41. The molecule has 0 spiro atoms. The zero-order valence-electron chi connectivity index (χ0n) is 5.99. The third kappa shape index (κ3) is 1.47. The van der Waals surface area contributed by atoms with Gasteiger partial charge in [-0.15, -0.1) is 11.3 Å². The van der Waals surface area contributed by atoms with Crippen molar-refractivity contribution in [3.63, 3.8) is 0 Å². The lowest BCUT2D eigenvalue weighted by atomic mass is 10.2. The van der Waals surface area contributed by atoms with Gasteiger partial charge >= 0.3 is 0 Å². The molecular formula is C8H4ClN2S. The molecule has 0 aliphatic rings. The first-order valence-electron chi connectivity index (χ1n) is 3.30. The van der Waals surface area contributed by atoms with Crippen LogP contribution in [0.1, 0.15) is 0 Å². The first kappa shape index (κ1) is 7.71. The Bertz CT molecular complexity index is 355. The van der Waals surface area contributed by atoms with Crippen LogP contribution in [0, 0.1) is 5.51 Å². The number of nitrogens with zero attached hydrogens (tertiary/aromatic N) is 2. The minimum atomic E-state index is 0.498. The number of halogens is 1. The Balaban J connectivity index is 2.43. The van der Waals surface area contributed by atoms with Crippen molar-refractivity contribution in [2.24, 2.45) is 0 Å². The largest absolute Gasteiger partial charge is 0.244 e. The molecule has 0 fully saturated rings. The molecule has 0 saturated heterocycles. The van der Waals surface area contributed by atoms with E-state index in [9.17, 15) is 0 Å². The summed E-state index contributed by atoms with van der Waals surface area (Å²) < 4.78 is 0. The second-order valence-electron chi connectivity index (χ2n) is 2.19. The lowest BCUT2D eigenvalue weighted by Gasteiger charge is -1.93. The van der Waals surface area contributed by atoms with Gasteiger partial charge in [-0.2, -0.15) is 0 Å². The number of hydrogen-bond acceptors (Lipinski definition) is 3. The molecule has 0 saturated carbocycles.